The standard InChI is InChI=1S/C20H20BrN/c1-3-8-15(4-2)20-19(16-9-6-5-7-10-16)13-18-12-11-17(21)14-22(18)20/h4-7,9-15H,2-3,8H2,1H3/t15-/m0/s1. The van der Waals surface area contributed by atoms with Gasteiger partial charge >= 0.3 is 0 Å². The number of allylic oxidation sites excluding steroid dienone is 1. The molecule has 3 rings (SSSR count). The Morgan fingerprint density at radius 3 is 2.64 bits per heavy atom. The first-order chi connectivity index (χ1) is 10.7. The van der Waals surface area contributed by atoms with Gasteiger partial charge in [-0.1, -0.05) is 49.8 Å². The normalized spacial score (nSPS) is 12.5. The van der Waals surface area contributed by atoms with E-state index in [9.17, 15) is 0 Å². The summed E-state index contributed by atoms with van der Waals surface area (Å²) in [6, 6.07) is 17.2. The maximum absolute atomic E-state index is 4.07. The van der Waals surface area contributed by atoms with Crippen LogP contribution in [0.4, 0.5) is 0 Å². The van der Waals surface area contributed by atoms with Gasteiger partial charge in [0.05, 0.1) is 0 Å². The van der Waals surface area contributed by atoms with Crippen molar-refractivity contribution in [3.8, 4) is 11.1 Å². The fraction of sp³-hybridized carbons (Fsp3) is 0.200. The Balaban J connectivity index is 2.28. The first-order valence-electron chi connectivity index (χ1n) is 7.73. The van der Waals surface area contributed by atoms with E-state index in [1.165, 1.54) is 22.3 Å². The monoisotopic (exact) mass is 353 g/mol. The number of nitrogens with zero attached hydrogens (tertiary/aromatic N) is 1. The lowest BCUT2D eigenvalue weighted by Crippen LogP contribution is -2.01. The van der Waals surface area contributed by atoms with E-state index >= 15 is 0 Å². The van der Waals surface area contributed by atoms with Crippen molar-refractivity contribution in [2.75, 3.05) is 0 Å². The largest absolute Gasteiger partial charge is 0.319 e. The van der Waals surface area contributed by atoms with Crippen LogP contribution >= 0.6 is 15.9 Å². The molecule has 0 aliphatic heterocycles. The molecule has 1 atom stereocenters. The Morgan fingerprint density at radius 1 is 1.18 bits per heavy atom. The molecule has 22 heavy (non-hydrogen) atoms. The molecular weight excluding hydrogens is 334 g/mol. The van der Waals surface area contributed by atoms with E-state index in [1.807, 2.05) is 0 Å². The summed E-state index contributed by atoms with van der Waals surface area (Å²) in [4.78, 5) is 0. The number of fused-ring (bicyclic) bond motifs is 1. The van der Waals surface area contributed by atoms with Gasteiger partial charge in [-0.05, 0) is 46.1 Å². The van der Waals surface area contributed by atoms with E-state index in [2.05, 4.69) is 94.6 Å². The van der Waals surface area contributed by atoms with Crippen LogP contribution in [0.5, 0.6) is 0 Å². The summed E-state index contributed by atoms with van der Waals surface area (Å²) in [5.74, 6) is 0.358. The second-order valence-corrected chi connectivity index (χ2v) is 6.50. The van der Waals surface area contributed by atoms with Gasteiger partial charge in [0.2, 0.25) is 0 Å². The molecular formula is C20H20BrN. The number of halogens is 1. The van der Waals surface area contributed by atoms with E-state index in [-0.39, 0.29) is 0 Å². The minimum Gasteiger partial charge on any atom is -0.319 e. The number of aromatic nitrogens is 1. The van der Waals surface area contributed by atoms with Gasteiger partial charge in [0, 0.05) is 33.4 Å². The lowest BCUT2D eigenvalue weighted by Gasteiger charge is -2.15. The van der Waals surface area contributed by atoms with Crippen LogP contribution in [0, 0.1) is 0 Å². The van der Waals surface area contributed by atoms with Crippen LogP contribution < -0.4 is 0 Å². The van der Waals surface area contributed by atoms with Gasteiger partial charge in [0.15, 0.2) is 0 Å². The van der Waals surface area contributed by atoms with Crippen LogP contribution in [-0.4, -0.2) is 4.40 Å². The average molecular weight is 354 g/mol. The SMILES string of the molecule is C=C[C@@H](CCC)c1c(-c2ccccc2)cc2ccc(Br)cn12. The first kappa shape index (κ1) is 15.1. The van der Waals surface area contributed by atoms with E-state index in [0.29, 0.717) is 5.92 Å². The highest BCUT2D eigenvalue weighted by molar-refractivity contribution is 9.10. The van der Waals surface area contributed by atoms with Crippen molar-refractivity contribution in [2.24, 2.45) is 0 Å². The predicted molar refractivity (Wildman–Crippen MR) is 98.4 cm³/mol. The highest BCUT2D eigenvalue weighted by Crippen LogP contribution is 2.36. The second kappa shape index (κ2) is 6.53. The molecule has 0 fully saturated rings. The van der Waals surface area contributed by atoms with Crippen molar-refractivity contribution in [1.82, 2.24) is 4.40 Å². The summed E-state index contributed by atoms with van der Waals surface area (Å²) in [5.41, 5.74) is 5.12. The fourth-order valence-corrected chi connectivity index (χ4v) is 3.41. The lowest BCUT2D eigenvalue weighted by atomic mass is 9.94. The summed E-state index contributed by atoms with van der Waals surface area (Å²) in [7, 11) is 0. The molecule has 3 aromatic rings. The quantitative estimate of drug-likeness (QED) is 0.465. The van der Waals surface area contributed by atoms with Crippen molar-refractivity contribution in [2.45, 2.75) is 25.7 Å². The van der Waals surface area contributed by atoms with Gasteiger partial charge in [-0.2, -0.15) is 0 Å². The van der Waals surface area contributed by atoms with Crippen LogP contribution in [-0.2, 0) is 0 Å². The number of hydrogen-bond donors (Lipinski definition) is 0. The van der Waals surface area contributed by atoms with Crippen LogP contribution in [0.1, 0.15) is 31.4 Å². The van der Waals surface area contributed by atoms with E-state index in [1.54, 1.807) is 0 Å². The van der Waals surface area contributed by atoms with Gasteiger partial charge in [-0.15, -0.1) is 6.58 Å². The topological polar surface area (TPSA) is 4.41 Å². The molecule has 2 heteroatoms. The summed E-state index contributed by atoms with van der Waals surface area (Å²) in [6.07, 6.45) is 6.50. The molecule has 0 aliphatic carbocycles. The molecule has 1 aromatic carbocycles. The van der Waals surface area contributed by atoms with Gasteiger partial charge in [-0.3, -0.25) is 0 Å². The average Bonchev–Trinajstić information content (AvgIpc) is 2.92. The number of hydrogen-bond acceptors (Lipinski definition) is 0. The second-order valence-electron chi connectivity index (χ2n) is 5.58. The molecule has 2 heterocycles. The molecule has 112 valence electrons. The van der Waals surface area contributed by atoms with Crippen molar-refractivity contribution in [3.63, 3.8) is 0 Å². The van der Waals surface area contributed by atoms with Gasteiger partial charge < -0.3 is 4.40 Å². The Bertz CT molecular complexity index is 786. The molecule has 0 amide bonds. The maximum Gasteiger partial charge on any atom is 0.0460 e. The van der Waals surface area contributed by atoms with Crippen molar-refractivity contribution >= 4 is 21.4 Å². The summed E-state index contributed by atoms with van der Waals surface area (Å²) in [6.45, 7) is 6.30. The number of pyridine rings is 1. The minimum atomic E-state index is 0.358. The Labute approximate surface area is 140 Å². The third kappa shape index (κ3) is 2.76. The molecule has 0 radical (unpaired) electrons. The number of rotatable bonds is 5. The van der Waals surface area contributed by atoms with Gasteiger partial charge in [-0.25, -0.2) is 0 Å². The zero-order chi connectivity index (χ0) is 15.5. The molecule has 0 saturated carbocycles. The minimum absolute atomic E-state index is 0.358. The molecule has 0 aliphatic rings. The third-order valence-corrected chi connectivity index (χ3v) is 4.56. The van der Waals surface area contributed by atoms with Gasteiger partial charge in [0.1, 0.15) is 0 Å². The van der Waals surface area contributed by atoms with E-state index in [0.717, 1.165) is 17.3 Å². The third-order valence-electron chi connectivity index (χ3n) is 4.09. The van der Waals surface area contributed by atoms with E-state index in [4.69, 9.17) is 0 Å². The Morgan fingerprint density at radius 2 is 1.95 bits per heavy atom. The van der Waals surface area contributed by atoms with E-state index < -0.39 is 0 Å². The summed E-state index contributed by atoms with van der Waals surface area (Å²) in [5, 5.41) is 0. The zero-order valence-electron chi connectivity index (χ0n) is 12.8. The molecule has 0 N–H and O–H groups in total. The van der Waals surface area contributed by atoms with Crippen LogP contribution in [0.25, 0.3) is 16.6 Å². The smallest absolute Gasteiger partial charge is 0.0460 e. The van der Waals surface area contributed by atoms with Crippen molar-refractivity contribution in [1.29, 1.82) is 0 Å². The molecule has 0 bridgehead atoms. The maximum atomic E-state index is 4.07. The van der Waals surface area contributed by atoms with Crippen LogP contribution in [0.2, 0.25) is 0 Å². The molecule has 1 nitrogen and oxygen atoms in total. The molecule has 0 spiro atoms. The first-order valence-corrected chi connectivity index (χ1v) is 8.52. The highest BCUT2D eigenvalue weighted by atomic mass is 79.9. The summed E-state index contributed by atoms with van der Waals surface area (Å²) < 4.78 is 3.39. The predicted octanol–water partition coefficient (Wildman–Crippen LogP) is 6.44. The van der Waals surface area contributed by atoms with Crippen LogP contribution in [0.15, 0.2) is 71.9 Å². The Hall–Kier alpha value is -1.80. The fourth-order valence-electron chi connectivity index (χ4n) is 3.07. The molecule has 0 unspecified atom stereocenters. The lowest BCUT2D eigenvalue weighted by molar-refractivity contribution is 0.696. The Kier molecular flexibility index (Phi) is 4.49. The summed E-state index contributed by atoms with van der Waals surface area (Å²) >= 11 is 3.60. The highest BCUT2D eigenvalue weighted by Gasteiger charge is 2.18. The molecule has 2 aromatic heterocycles. The van der Waals surface area contributed by atoms with Gasteiger partial charge in [0.25, 0.3) is 0 Å². The molecule has 0 saturated heterocycles. The number of benzene rings is 1. The van der Waals surface area contributed by atoms with Crippen molar-refractivity contribution < 1.29 is 0 Å². The zero-order valence-corrected chi connectivity index (χ0v) is 14.4. The van der Waals surface area contributed by atoms with Crippen LogP contribution in [0.3, 0.4) is 0 Å². The van der Waals surface area contributed by atoms with Crippen molar-refractivity contribution in [3.05, 3.63) is 77.5 Å².